The smallest absolute Gasteiger partial charge is 0.231 e. The van der Waals surface area contributed by atoms with Gasteiger partial charge in [0.2, 0.25) is 5.95 Å². The molecule has 10 rings (SSSR count). The van der Waals surface area contributed by atoms with Gasteiger partial charge in [0.1, 0.15) is 11.5 Å². The molecule has 4 heterocycles. The molecule has 0 saturated carbocycles. The predicted molar refractivity (Wildman–Crippen MR) is 201 cm³/mol. The molecular weight excluding hydrogens is 601 g/mol. The molecule has 8 aromatic rings. The third-order valence-electron chi connectivity index (χ3n) is 9.88. The van der Waals surface area contributed by atoms with Crippen molar-refractivity contribution in [3.05, 3.63) is 163 Å². The Balaban J connectivity index is 1.22. The van der Waals surface area contributed by atoms with Crippen LogP contribution in [0.5, 0.6) is 11.5 Å². The Morgan fingerprint density at radius 1 is 0.694 bits per heavy atom. The molecule has 0 spiro atoms. The fraction of sp³-hybridized carbons (Fsp3) is 0.0455. The maximum atomic E-state index is 6.29. The first-order valence-electron chi connectivity index (χ1n) is 16.6. The minimum Gasteiger partial charge on any atom is -0.456 e. The van der Waals surface area contributed by atoms with Gasteiger partial charge in [-0.05, 0) is 66.2 Å². The van der Waals surface area contributed by atoms with Crippen LogP contribution in [0, 0.1) is 0 Å². The van der Waals surface area contributed by atoms with E-state index in [1.54, 1.807) is 0 Å². The second kappa shape index (κ2) is 10.5. The monoisotopic (exact) mass is 630 g/mol. The quantitative estimate of drug-likeness (QED) is 0.191. The van der Waals surface area contributed by atoms with Crippen LogP contribution in [0.15, 0.2) is 146 Å². The Kier molecular flexibility index (Phi) is 5.94. The van der Waals surface area contributed by atoms with E-state index in [-0.39, 0.29) is 6.04 Å². The molecule has 0 saturated heterocycles. The van der Waals surface area contributed by atoms with Gasteiger partial charge in [0.15, 0.2) is 0 Å². The molecule has 0 fully saturated rings. The van der Waals surface area contributed by atoms with E-state index in [0.717, 1.165) is 72.9 Å². The largest absolute Gasteiger partial charge is 0.456 e. The third-order valence-corrected chi connectivity index (χ3v) is 9.88. The number of hydrogen-bond acceptors (Lipinski definition) is 4. The normalized spacial score (nSPS) is 15.6. The fourth-order valence-electron chi connectivity index (χ4n) is 7.61. The zero-order valence-electron chi connectivity index (χ0n) is 26.8. The molecule has 1 unspecified atom stereocenters. The van der Waals surface area contributed by atoms with E-state index in [2.05, 4.69) is 126 Å². The van der Waals surface area contributed by atoms with Crippen molar-refractivity contribution in [3.63, 3.8) is 0 Å². The van der Waals surface area contributed by atoms with Crippen LogP contribution in [0.2, 0.25) is 0 Å². The first-order chi connectivity index (χ1) is 24.1. The molecule has 5 heteroatoms. The Morgan fingerprint density at radius 3 is 2.37 bits per heavy atom. The third kappa shape index (κ3) is 4.12. The molecule has 2 aliphatic rings. The van der Waals surface area contributed by atoms with Crippen molar-refractivity contribution in [2.75, 3.05) is 4.90 Å². The van der Waals surface area contributed by atoms with Gasteiger partial charge in [-0.2, -0.15) is 0 Å². The van der Waals surface area contributed by atoms with Crippen molar-refractivity contribution >= 4 is 55.9 Å². The van der Waals surface area contributed by atoms with Gasteiger partial charge in [-0.1, -0.05) is 104 Å². The summed E-state index contributed by atoms with van der Waals surface area (Å²) in [5.74, 6) is 2.20. The number of benzene rings is 6. The zero-order valence-corrected chi connectivity index (χ0v) is 26.8. The number of hydrogen-bond donors (Lipinski definition) is 0. The topological polar surface area (TPSA) is 43.2 Å². The Bertz CT molecular complexity index is 2700. The van der Waals surface area contributed by atoms with Crippen LogP contribution in [-0.4, -0.2) is 20.6 Å². The number of ether oxygens (including phenoxy) is 1. The average Bonchev–Trinajstić information content (AvgIpc) is 3.49. The van der Waals surface area contributed by atoms with Gasteiger partial charge in [0, 0.05) is 33.3 Å². The molecule has 0 N–H and O–H groups in total. The maximum Gasteiger partial charge on any atom is 0.231 e. The fourth-order valence-corrected chi connectivity index (χ4v) is 7.61. The van der Waals surface area contributed by atoms with Gasteiger partial charge in [0.25, 0.3) is 0 Å². The van der Waals surface area contributed by atoms with Crippen molar-refractivity contribution in [1.82, 2.24) is 14.5 Å². The maximum absolute atomic E-state index is 6.29. The second-order valence-corrected chi connectivity index (χ2v) is 12.7. The van der Waals surface area contributed by atoms with Gasteiger partial charge >= 0.3 is 0 Å². The van der Waals surface area contributed by atoms with Gasteiger partial charge in [-0.15, -0.1) is 0 Å². The molecular formula is C44H30N4O. The summed E-state index contributed by atoms with van der Waals surface area (Å²) >= 11 is 0. The molecule has 0 radical (unpaired) electrons. The zero-order chi connectivity index (χ0) is 32.6. The Labute approximate surface area is 283 Å². The van der Waals surface area contributed by atoms with Crippen molar-refractivity contribution < 1.29 is 4.74 Å². The minimum absolute atomic E-state index is 0.0920. The lowest BCUT2D eigenvalue weighted by Gasteiger charge is -2.31. The molecule has 0 bridgehead atoms. The van der Waals surface area contributed by atoms with Gasteiger partial charge in [-0.25, -0.2) is 9.97 Å². The van der Waals surface area contributed by atoms with E-state index in [1.165, 1.54) is 16.2 Å². The van der Waals surface area contributed by atoms with Gasteiger partial charge in [0.05, 0.1) is 39.5 Å². The van der Waals surface area contributed by atoms with E-state index in [9.17, 15) is 0 Å². The number of nitrogens with zero attached hydrogens (tertiary/aromatic N) is 4. The van der Waals surface area contributed by atoms with Crippen molar-refractivity contribution in [2.24, 2.45) is 0 Å². The molecule has 1 atom stereocenters. The SMILES string of the molecule is C=C1c2ccccc2N(c2nc3c4c(cccc4n2)Oc2ccccc2-3)C(C)/C=C\c2c1n(-c1ccc3ccccc3c1)c1ccccc21. The molecule has 2 aromatic heterocycles. The highest BCUT2D eigenvalue weighted by Gasteiger charge is 2.30. The van der Waals surface area contributed by atoms with Crippen LogP contribution < -0.4 is 9.64 Å². The number of para-hydroxylation sites is 3. The average molecular weight is 631 g/mol. The number of fused-ring (bicyclic) bond motifs is 7. The number of anilines is 2. The first-order valence-corrected chi connectivity index (χ1v) is 16.6. The van der Waals surface area contributed by atoms with Crippen LogP contribution >= 0.6 is 0 Å². The van der Waals surface area contributed by atoms with Crippen LogP contribution in [-0.2, 0) is 0 Å². The first kappa shape index (κ1) is 27.6. The number of rotatable bonds is 2. The second-order valence-electron chi connectivity index (χ2n) is 12.7. The summed E-state index contributed by atoms with van der Waals surface area (Å²) in [7, 11) is 0. The van der Waals surface area contributed by atoms with Gasteiger partial charge in [-0.3, -0.25) is 0 Å². The van der Waals surface area contributed by atoms with Crippen molar-refractivity contribution in [2.45, 2.75) is 13.0 Å². The predicted octanol–water partition coefficient (Wildman–Crippen LogP) is 11.1. The van der Waals surface area contributed by atoms with Crippen molar-refractivity contribution in [1.29, 1.82) is 0 Å². The van der Waals surface area contributed by atoms with Crippen LogP contribution in [0.3, 0.4) is 0 Å². The van der Waals surface area contributed by atoms with E-state index in [1.807, 2.05) is 36.4 Å². The molecule has 49 heavy (non-hydrogen) atoms. The molecule has 0 aliphatic carbocycles. The minimum atomic E-state index is -0.0920. The Morgan fingerprint density at radius 2 is 1.45 bits per heavy atom. The summed E-state index contributed by atoms with van der Waals surface area (Å²) in [6.07, 6.45) is 4.52. The highest BCUT2D eigenvalue weighted by Crippen LogP contribution is 2.47. The molecule has 5 nitrogen and oxygen atoms in total. The molecule has 2 aliphatic heterocycles. The van der Waals surface area contributed by atoms with E-state index in [0.29, 0.717) is 5.95 Å². The number of aromatic nitrogens is 3. The van der Waals surface area contributed by atoms with Crippen LogP contribution in [0.25, 0.3) is 61.2 Å². The summed E-state index contributed by atoms with van der Waals surface area (Å²) in [6.45, 7) is 7.04. The summed E-state index contributed by atoms with van der Waals surface area (Å²) in [5, 5.41) is 4.52. The van der Waals surface area contributed by atoms with E-state index in [4.69, 9.17) is 21.3 Å². The molecule has 232 valence electrons. The lowest BCUT2D eigenvalue weighted by Crippen LogP contribution is -2.29. The van der Waals surface area contributed by atoms with E-state index < -0.39 is 0 Å². The van der Waals surface area contributed by atoms with Crippen LogP contribution in [0.4, 0.5) is 11.6 Å². The van der Waals surface area contributed by atoms with Gasteiger partial charge < -0.3 is 14.2 Å². The lowest BCUT2D eigenvalue weighted by molar-refractivity contribution is 0.486. The summed E-state index contributed by atoms with van der Waals surface area (Å²) in [6, 6.07) is 46.4. The highest BCUT2D eigenvalue weighted by molar-refractivity contribution is 6.03. The van der Waals surface area contributed by atoms with Crippen molar-refractivity contribution in [3.8, 4) is 28.4 Å². The van der Waals surface area contributed by atoms with E-state index >= 15 is 0 Å². The summed E-state index contributed by atoms with van der Waals surface area (Å²) in [5.41, 5.74) is 10.1. The standard InChI is InChI=1S/C44H30N4O/c1-27-22-25-34-33-15-6-9-19-38(33)48(31-24-23-29-12-3-4-13-30(29)26-31)43(34)28(2)32-14-5-8-18-37(32)47(27)44-45-36-17-11-21-40-41(36)42(46-44)35-16-7-10-20-39(35)49-40/h3-27H,2H2,1H3/b25-22-. The summed E-state index contributed by atoms with van der Waals surface area (Å²) < 4.78 is 8.67. The molecule has 6 aromatic carbocycles. The summed E-state index contributed by atoms with van der Waals surface area (Å²) in [4.78, 5) is 12.8. The van der Waals surface area contributed by atoms with Crippen LogP contribution in [0.1, 0.15) is 23.7 Å². The highest BCUT2D eigenvalue weighted by atomic mass is 16.5. The molecule has 0 amide bonds. The lowest BCUT2D eigenvalue weighted by atomic mass is 9.98. The Hall–Kier alpha value is -6.46.